The molecule has 1 fully saturated rings. The number of nitrogens with zero attached hydrogens (tertiary/aromatic N) is 1. The van der Waals surface area contributed by atoms with E-state index in [0.717, 1.165) is 26.2 Å². The highest BCUT2D eigenvalue weighted by Crippen LogP contribution is 1.91. The Balaban J connectivity index is 0.000000671. The van der Waals surface area contributed by atoms with Crippen LogP contribution < -0.4 is 10.6 Å². The van der Waals surface area contributed by atoms with Gasteiger partial charge in [-0.3, -0.25) is 4.79 Å². The molecule has 5 nitrogen and oxygen atoms in total. The third-order valence-corrected chi connectivity index (χ3v) is 1.80. The van der Waals surface area contributed by atoms with Gasteiger partial charge in [-0.05, 0) is 7.05 Å². The van der Waals surface area contributed by atoms with Crippen molar-refractivity contribution in [2.45, 2.75) is 0 Å². The molecule has 0 radical (unpaired) electrons. The fraction of sp³-hybridized carbons (Fsp3) is 0.750. The van der Waals surface area contributed by atoms with Crippen molar-refractivity contribution in [1.82, 2.24) is 15.5 Å². The molecule has 0 aromatic heterocycles. The standard InChI is InChI=1S/C7H15N3O.CH2O/c1-8-6-7(11)10-4-2-9-3-5-10;1-2/h8-9H,2-6H2,1H3;1H2. The lowest BCUT2D eigenvalue weighted by atomic mass is 10.3. The number of rotatable bonds is 2. The SMILES string of the molecule is C=O.CNCC(=O)N1CCNCC1. The molecule has 1 aliphatic heterocycles. The maximum Gasteiger partial charge on any atom is 0.236 e. The van der Waals surface area contributed by atoms with Gasteiger partial charge < -0.3 is 20.3 Å². The van der Waals surface area contributed by atoms with E-state index >= 15 is 0 Å². The van der Waals surface area contributed by atoms with Crippen molar-refractivity contribution >= 4 is 12.7 Å². The van der Waals surface area contributed by atoms with Gasteiger partial charge in [0.15, 0.2) is 0 Å². The lowest BCUT2D eigenvalue weighted by molar-refractivity contribution is -0.130. The van der Waals surface area contributed by atoms with Gasteiger partial charge in [0.05, 0.1) is 6.54 Å². The fourth-order valence-corrected chi connectivity index (χ4v) is 1.18. The number of likely N-dealkylation sites (N-methyl/N-ethyl adjacent to an activating group) is 1. The van der Waals surface area contributed by atoms with Crippen molar-refractivity contribution in [2.75, 3.05) is 39.8 Å². The summed E-state index contributed by atoms with van der Waals surface area (Å²) in [5.74, 6) is 0.203. The second-order valence-electron chi connectivity index (χ2n) is 2.66. The Morgan fingerprint density at radius 2 is 2.00 bits per heavy atom. The monoisotopic (exact) mass is 187 g/mol. The lowest BCUT2D eigenvalue weighted by Gasteiger charge is -2.27. The summed E-state index contributed by atoms with van der Waals surface area (Å²) >= 11 is 0. The molecule has 0 spiro atoms. The van der Waals surface area contributed by atoms with Crippen molar-refractivity contribution in [3.05, 3.63) is 0 Å². The van der Waals surface area contributed by atoms with E-state index in [0.29, 0.717) is 6.54 Å². The van der Waals surface area contributed by atoms with Crippen molar-refractivity contribution < 1.29 is 9.59 Å². The summed E-state index contributed by atoms with van der Waals surface area (Å²) in [7, 11) is 1.79. The van der Waals surface area contributed by atoms with Gasteiger partial charge in [0.1, 0.15) is 6.79 Å². The van der Waals surface area contributed by atoms with Crippen LogP contribution in [0.5, 0.6) is 0 Å². The summed E-state index contributed by atoms with van der Waals surface area (Å²) in [5, 5.41) is 6.05. The topological polar surface area (TPSA) is 61.4 Å². The minimum atomic E-state index is 0.203. The Hall–Kier alpha value is -0.940. The van der Waals surface area contributed by atoms with E-state index in [9.17, 15) is 4.79 Å². The number of amides is 1. The number of carbonyl (C=O) groups excluding carboxylic acids is 2. The minimum Gasteiger partial charge on any atom is -0.339 e. The average Bonchev–Trinajstić information content (AvgIpc) is 2.23. The smallest absolute Gasteiger partial charge is 0.236 e. The van der Waals surface area contributed by atoms with Gasteiger partial charge in [0.2, 0.25) is 5.91 Å². The third kappa shape index (κ3) is 4.59. The number of carbonyl (C=O) groups is 2. The summed E-state index contributed by atoms with van der Waals surface area (Å²) in [5.41, 5.74) is 0. The Labute approximate surface area is 78.5 Å². The predicted molar refractivity (Wildman–Crippen MR) is 50.5 cm³/mol. The fourth-order valence-electron chi connectivity index (χ4n) is 1.18. The molecule has 76 valence electrons. The van der Waals surface area contributed by atoms with E-state index < -0.39 is 0 Å². The minimum absolute atomic E-state index is 0.203. The van der Waals surface area contributed by atoms with E-state index in [4.69, 9.17) is 4.79 Å². The van der Waals surface area contributed by atoms with Gasteiger partial charge in [-0.2, -0.15) is 0 Å². The van der Waals surface area contributed by atoms with Gasteiger partial charge in [-0.25, -0.2) is 0 Å². The normalized spacial score (nSPS) is 15.9. The van der Waals surface area contributed by atoms with Gasteiger partial charge >= 0.3 is 0 Å². The first-order chi connectivity index (χ1) is 6.34. The molecular formula is C8H17N3O2. The molecule has 1 saturated heterocycles. The highest BCUT2D eigenvalue weighted by atomic mass is 16.2. The van der Waals surface area contributed by atoms with E-state index in [-0.39, 0.29) is 5.91 Å². The third-order valence-electron chi connectivity index (χ3n) is 1.80. The molecule has 0 saturated carbocycles. The van der Waals surface area contributed by atoms with E-state index in [2.05, 4.69) is 10.6 Å². The van der Waals surface area contributed by atoms with Crippen molar-refractivity contribution in [2.24, 2.45) is 0 Å². The van der Waals surface area contributed by atoms with Gasteiger partial charge in [-0.1, -0.05) is 0 Å². The van der Waals surface area contributed by atoms with Crippen LogP contribution in [0.25, 0.3) is 0 Å². The van der Waals surface area contributed by atoms with Crippen LogP contribution in [0.15, 0.2) is 0 Å². The molecule has 1 rings (SSSR count). The summed E-state index contributed by atoms with van der Waals surface area (Å²) in [6.07, 6.45) is 0. The van der Waals surface area contributed by atoms with Crippen LogP contribution >= 0.6 is 0 Å². The molecule has 0 aromatic rings. The zero-order chi connectivity index (χ0) is 10.1. The number of nitrogens with one attached hydrogen (secondary N) is 2. The average molecular weight is 187 g/mol. The Bertz CT molecular complexity index is 146. The van der Waals surface area contributed by atoms with Crippen LogP contribution in [-0.4, -0.2) is 57.4 Å². The highest BCUT2D eigenvalue weighted by Gasteiger charge is 2.14. The van der Waals surface area contributed by atoms with Crippen LogP contribution in [0.3, 0.4) is 0 Å². The molecule has 0 unspecified atom stereocenters. The molecule has 2 N–H and O–H groups in total. The molecular weight excluding hydrogens is 170 g/mol. The van der Waals surface area contributed by atoms with E-state index in [1.807, 2.05) is 11.7 Å². The lowest BCUT2D eigenvalue weighted by Crippen LogP contribution is -2.48. The van der Waals surface area contributed by atoms with E-state index in [1.54, 1.807) is 7.05 Å². The summed E-state index contributed by atoms with van der Waals surface area (Å²) in [6.45, 7) is 6.01. The first-order valence-corrected chi connectivity index (χ1v) is 4.26. The molecule has 1 aliphatic rings. The molecule has 0 aliphatic carbocycles. The largest absolute Gasteiger partial charge is 0.339 e. The second-order valence-corrected chi connectivity index (χ2v) is 2.66. The van der Waals surface area contributed by atoms with Gasteiger partial charge in [0.25, 0.3) is 0 Å². The number of hydrogen-bond donors (Lipinski definition) is 2. The number of piperazine rings is 1. The molecule has 0 atom stereocenters. The zero-order valence-electron chi connectivity index (χ0n) is 8.01. The Morgan fingerprint density at radius 1 is 1.46 bits per heavy atom. The predicted octanol–water partition coefficient (Wildman–Crippen LogP) is -1.55. The van der Waals surface area contributed by atoms with Crippen molar-refractivity contribution in [1.29, 1.82) is 0 Å². The molecule has 1 heterocycles. The van der Waals surface area contributed by atoms with Crippen LogP contribution in [-0.2, 0) is 9.59 Å². The van der Waals surface area contributed by atoms with E-state index in [1.165, 1.54) is 0 Å². The molecule has 0 aromatic carbocycles. The number of hydrogen-bond acceptors (Lipinski definition) is 4. The maximum absolute atomic E-state index is 11.2. The van der Waals surface area contributed by atoms with Crippen LogP contribution in [0.2, 0.25) is 0 Å². The first kappa shape index (κ1) is 12.1. The first-order valence-electron chi connectivity index (χ1n) is 4.26. The maximum atomic E-state index is 11.2. The Morgan fingerprint density at radius 3 is 2.46 bits per heavy atom. The van der Waals surface area contributed by atoms with Crippen LogP contribution in [0.4, 0.5) is 0 Å². The summed E-state index contributed by atoms with van der Waals surface area (Å²) in [4.78, 5) is 21.1. The quantitative estimate of drug-likeness (QED) is 0.549. The van der Waals surface area contributed by atoms with Crippen LogP contribution in [0, 0.1) is 0 Å². The van der Waals surface area contributed by atoms with Gasteiger partial charge in [0, 0.05) is 26.2 Å². The summed E-state index contributed by atoms with van der Waals surface area (Å²) in [6, 6.07) is 0. The Kier molecular flexibility index (Phi) is 7.14. The second kappa shape index (κ2) is 7.70. The van der Waals surface area contributed by atoms with Gasteiger partial charge in [-0.15, -0.1) is 0 Å². The molecule has 1 amide bonds. The molecule has 13 heavy (non-hydrogen) atoms. The molecule has 5 heteroatoms. The molecule has 0 bridgehead atoms. The van der Waals surface area contributed by atoms with Crippen molar-refractivity contribution in [3.63, 3.8) is 0 Å². The highest BCUT2D eigenvalue weighted by molar-refractivity contribution is 5.78. The van der Waals surface area contributed by atoms with Crippen LogP contribution in [0.1, 0.15) is 0 Å². The summed E-state index contributed by atoms with van der Waals surface area (Å²) < 4.78 is 0. The zero-order valence-corrected chi connectivity index (χ0v) is 8.01. The van der Waals surface area contributed by atoms with Crippen molar-refractivity contribution in [3.8, 4) is 0 Å².